The average molecular weight is 561 g/mol. The summed E-state index contributed by atoms with van der Waals surface area (Å²) in [6, 6.07) is 15.4. The van der Waals surface area contributed by atoms with Crippen molar-refractivity contribution in [3.05, 3.63) is 71.3 Å². The molecule has 1 unspecified atom stereocenters. The molecule has 1 aliphatic heterocycles. The van der Waals surface area contributed by atoms with Gasteiger partial charge in [0.25, 0.3) is 0 Å². The molecule has 3 rings (SSSR count). The van der Waals surface area contributed by atoms with E-state index in [1.807, 2.05) is 56.3 Å². The van der Waals surface area contributed by atoms with Crippen LogP contribution in [0.2, 0.25) is 5.02 Å². The molecule has 9 nitrogen and oxygen atoms in total. The molecule has 1 atom stereocenters. The Morgan fingerprint density at radius 1 is 1.05 bits per heavy atom. The maximum absolute atomic E-state index is 13.4. The second-order valence-corrected chi connectivity index (χ2v) is 9.68. The molecule has 212 valence electrons. The minimum Gasteiger partial charge on any atom is -0.495 e. The lowest BCUT2D eigenvalue weighted by atomic mass is 9.79. The monoisotopic (exact) mass is 560 g/mol. The lowest BCUT2D eigenvalue weighted by molar-refractivity contribution is -0.135. The van der Waals surface area contributed by atoms with Gasteiger partial charge in [-0.25, -0.2) is 9.59 Å². The van der Waals surface area contributed by atoms with Gasteiger partial charge in [0.1, 0.15) is 5.75 Å². The number of aliphatic hydroxyl groups is 1. The maximum Gasteiger partial charge on any atom is 0.328 e. The first-order valence-electron chi connectivity index (χ1n) is 12.8. The van der Waals surface area contributed by atoms with Gasteiger partial charge < -0.3 is 29.9 Å². The molecule has 1 saturated heterocycles. The Balaban J connectivity index is 0.000000580. The van der Waals surface area contributed by atoms with Gasteiger partial charge in [-0.3, -0.25) is 4.79 Å². The first kappa shape index (κ1) is 31.8. The van der Waals surface area contributed by atoms with Crippen LogP contribution < -0.4 is 9.64 Å². The van der Waals surface area contributed by atoms with Crippen LogP contribution in [-0.4, -0.2) is 77.0 Å². The lowest BCUT2D eigenvalue weighted by Crippen LogP contribution is -2.53. The Hall–Kier alpha value is -3.40. The number of anilines is 1. The molecule has 1 aliphatic rings. The molecular weight excluding hydrogens is 524 g/mol. The van der Waals surface area contributed by atoms with Crippen molar-refractivity contribution in [2.45, 2.75) is 38.7 Å². The zero-order valence-electron chi connectivity index (χ0n) is 22.5. The smallest absolute Gasteiger partial charge is 0.328 e. The summed E-state index contributed by atoms with van der Waals surface area (Å²) in [5.74, 6) is -2.42. The molecule has 2 aromatic carbocycles. The molecule has 0 spiro atoms. The number of carboxylic acids is 2. The van der Waals surface area contributed by atoms with E-state index in [2.05, 4.69) is 11.0 Å². The molecular formula is C29H37ClN2O7. The molecule has 0 saturated carbocycles. The van der Waals surface area contributed by atoms with E-state index in [0.717, 1.165) is 42.3 Å². The van der Waals surface area contributed by atoms with E-state index < -0.39 is 23.5 Å². The Morgan fingerprint density at radius 2 is 1.62 bits per heavy atom. The van der Waals surface area contributed by atoms with Crippen molar-refractivity contribution >= 4 is 35.1 Å². The largest absolute Gasteiger partial charge is 0.495 e. The highest BCUT2D eigenvalue weighted by molar-refractivity contribution is 6.31. The number of rotatable bonds is 10. The summed E-state index contributed by atoms with van der Waals surface area (Å²) >= 11 is 6.27. The predicted molar refractivity (Wildman–Crippen MR) is 150 cm³/mol. The van der Waals surface area contributed by atoms with E-state index in [9.17, 15) is 19.5 Å². The van der Waals surface area contributed by atoms with E-state index in [4.69, 9.17) is 26.6 Å². The number of halogens is 1. The molecule has 1 heterocycles. The zero-order valence-corrected chi connectivity index (χ0v) is 23.3. The Labute approximate surface area is 234 Å². The van der Waals surface area contributed by atoms with Crippen LogP contribution in [0.25, 0.3) is 0 Å². The van der Waals surface area contributed by atoms with Gasteiger partial charge in [-0.1, -0.05) is 48.9 Å². The molecule has 0 bridgehead atoms. The van der Waals surface area contributed by atoms with Crippen LogP contribution in [-0.2, 0) is 20.8 Å². The molecule has 1 amide bonds. The molecule has 39 heavy (non-hydrogen) atoms. The highest BCUT2D eigenvalue weighted by Gasteiger charge is 2.42. The summed E-state index contributed by atoms with van der Waals surface area (Å²) in [6.45, 7) is 6.73. The van der Waals surface area contributed by atoms with Crippen molar-refractivity contribution in [3.8, 4) is 5.75 Å². The maximum atomic E-state index is 13.4. The summed E-state index contributed by atoms with van der Waals surface area (Å²) in [5.41, 5.74) is 0.877. The highest BCUT2D eigenvalue weighted by Crippen LogP contribution is 2.34. The number of benzene rings is 2. The number of methoxy groups -OCH3 is 1. The molecule has 3 N–H and O–H groups in total. The third-order valence-electron chi connectivity index (χ3n) is 6.88. The van der Waals surface area contributed by atoms with Gasteiger partial charge in [-0.15, -0.1) is 0 Å². The van der Waals surface area contributed by atoms with Crippen LogP contribution in [0.1, 0.15) is 32.3 Å². The van der Waals surface area contributed by atoms with Crippen molar-refractivity contribution < 1.29 is 34.4 Å². The Morgan fingerprint density at radius 3 is 2.15 bits per heavy atom. The second-order valence-electron chi connectivity index (χ2n) is 9.27. The number of nitrogens with zero attached hydrogens (tertiary/aromatic N) is 2. The Bertz CT molecular complexity index is 1130. The third kappa shape index (κ3) is 9.38. The number of para-hydroxylation sites is 2. The number of hydrogen-bond acceptors (Lipinski definition) is 6. The van der Waals surface area contributed by atoms with Crippen LogP contribution in [0.3, 0.4) is 0 Å². The van der Waals surface area contributed by atoms with Gasteiger partial charge >= 0.3 is 11.9 Å². The summed E-state index contributed by atoms with van der Waals surface area (Å²) in [5, 5.41) is 27.8. The molecule has 2 aromatic rings. The number of carbonyl (C=O) groups excluding carboxylic acids is 1. The van der Waals surface area contributed by atoms with Gasteiger partial charge in [0.05, 0.1) is 24.3 Å². The van der Waals surface area contributed by atoms with Crippen LogP contribution in [0, 0.1) is 5.92 Å². The van der Waals surface area contributed by atoms with Gasteiger partial charge in [-0.2, -0.15) is 0 Å². The number of likely N-dealkylation sites (tertiary alicyclic amines) is 1. The topological polar surface area (TPSA) is 128 Å². The van der Waals surface area contributed by atoms with Crippen molar-refractivity contribution in [1.29, 1.82) is 0 Å². The normalized spacial score (nSPS) is 15.6. The fraction of sp³-hybridized carbons (Fsp3) is 0.414. The number of piperidine rings is 1. The quantitative estimate of drug-likeness (QED) is 0.370. The molecule has 10 heteroatoms. The van der Waals surface area contributed by atoms with Crippen LogP contribution >= 0.6 is 11.6 Å². The highest BCUT2D eigenvalue weighted by atomic mass is 35.5. The Kier molecular flexibility index (Phi) is 12.4. The van der Waals surface area contributed by atoms with Gasteiger partial charge in [-0.05, 0) is 49.9 Å². The minimum atomic E-state index is -1.26. The van der Waals surface area contributed by atoms with Crippen molar-refractivity contribution in [3.63, 3.8) is 0 Å². The molecule has 0 aliphatic carbocycles. The molecule has 0 radical (unpaired) electrons. The first-order valence-corrected chi connectivity index (χ1v) is 13.2. The molecule has 1 fully saturated rings. The predicted octanol–water partition coefficient (Wildman–Crippen LogP) is 4.12. The number of ether oxygens (including phenoxy) is 1. The van der Waals surface area contributed by atoms with Crippen molar-refractivity contribution in [1.82, 2.24) is 4.90 Å². The first-order chi connectivity index (χ1) is 18.5. The summed E-state index contributed by atoms with van der Waals surface area (Å²) in [7, 11) is 1.60. The standard InChI is InChI=1S/C25H33ClN2O3.C4H4O4/c1-4-28(22-11-7-8-12-23(22)31-3)24(29)19(2)25(30)14-17-27(18-15-25)16-13-20-9-5-6-10-21(20)26;5-3(6)1-2-4(7)8/h5-12,19,30H,4,13-18H2,1-3H3;1-2H,(H,5,6)(H,7,8)/b;2-1+. The fourth-order valence-corrected chi connectivity index (χ4v) is 4.71. The van der Waals surface area contributed by atoms with Gasteiger partial charge in [0.15, 0.2) is 0 Å². The van der Waals surface area contributed by atoms with E-state index in [1.54, 1.807) is 12.0 Å². The number of aliphatic carboxylic acids is 2. The van der Waals surface area contributed by atoms with Crippen LogP contribution in [0.15, 0.2) is 60.7 Å². The van der Waals surface area contributed by atoms with E-state index in [1.165, 1.54) is 0 Å². The average Bonchev–Trinajstić information content (AvgIpc) is 2.93. The van der Waals surface area contributed by atoms with E-state index in [-0.39, 0.29) is 5.91 Å². The van der Waals surface area contributed by atoms with Crippen molar-refractivity contribution in [2.75, 3.05) is 38.2 Å². The number of carboxylic acid groups (broad SMARTS) is 2. The summed E-state index contributed by atoms with van der Waals surface area (Å²) in [6.07, 6.45) is 3.15. The molecule has 0 aromatic heterocycles. The third-order valence-corrected chi connectivity index (χ3v) is 7.25. The lowest BCUT2D eigenvalue weighted by Gasteiger charge is -2.42. The SMILES string of the molecule is CCN(C(=O)C(C)C1(O)CCN(CCc2ccccc2Cl)CC1)c1ccccc1OC.O=C(O)/C=C/C(=O)O. The fourth-order valence-electron chi connectivity index (χ4n) is 4.48. The number of amides is 1. The summed E-state index contributed by atoms with van der Waals surface area (Å²) in [4.78, 5) is 36.5. The van der Waals surface area contributed by atoms with E-state index in [0.29, 0.717) is 37.3 Å². The number of hydrogen-bond donors (Lipinski definition) is 3. The van der Waals surface area contributed by atoms with Crippen LogP contribution in [0.4, 0.5) is 5.69 Å². The minimum absolute atomic E-state index is 0.0704. The van der Waals surface area contributed by atoms with Gasteiger partial charge in [0.2, 0.25) is 5.91 Å². The van der Waals surface area contributed by atoms with Crippen LogP contribution in [0.5, 0.6) is 5.75 Å². The zero-order chi connectivity index (χ0) is 29.0. The van der Waals surface area contributed by atoms with E-state index >= 15 is 0 Å². The second kappa shape index (κ2) is 15.3. The van der Waals surface area contributed by atoms with Gasteiger partial charge in [0, 0.05) is 43.4 Å². The summed E-state index contributed by atoms with van der Waals surface area (Å²) < 4.78 is 5.44. The van der Waals surface area contributed by atoms with Crippen molar-refractivity contribution in [2.24, 2.45) is 5.92 Å². The number of carbonyl (C=O) groups is 3.